The number of carbonyl (C=O) groups is 3. The van der Waals surface area contributed by atoms with E-state index >= 15 is 0 Å². The number of carboxylic acids is 1. The molecule has 1 aliphatic rings. The molecule has 0 aliphatic heterocycles. The van der Waals surface area contributed by atoms with Gasteiger partial charge in [0.05, 0.1) is 7.11 Å². The largest absolute Gasteiger partial charge is 0.497 e. The van der Waals surface area contributed by atoms with Crippen LogP contribution in [0.4, 0.5) is 0 Å². The van der Waals surface area contributed by atoms with Crippen LogP contribution in [0.25, 0.3) is 0 Å². The van der Waals surface area contributed by atoms with Crippen molar-refractivity contribution in [2.45, 2.75) is 64.3 Å². The Hall–Kier alpha value is -3.39. The first kappa shape index (κ1) is 30.6. The molecule has 1 aliphatic carbocycles. The first-order valence-electron chi connectivity index (χ1n) is 12.6. The maximum Gasteiger partial charge on any atom is 0.303 e. The van der Waals surface area contributed by atoms with Gasteiger partial charge < -0.3 is 26.2 Å². The zero-order valence-electron chi connectivity index (χ0n) is 21.7. The summed E-state index contributed by atoms with van der Waals surface area (Å²) in [6.45, 7) is 5.09. The number of hydrogen-bond acceptors (Lipinski definition) is 5. The average molecular weight is 500 g/mol. The van der Waals surface area contributed by atoms with Crippen molar-refractivity contribution in [2.75, 3.05) is 20.2 Å². The predicted molar refractivity (Wildman–Crippen MR) is 142 cm³/mol. The van der Waals surface area contributed by atoms with Gasteiger partial charge in [-0.2, -0.15) is 0 Å². The van der Waals surface area contributed by atoms with E-state index in [4.69, 9.17) is 15.6 Å². The van der Waals surface area contributed by atoms with E-state index in [9.17, 15) is 14.4 Å². The molecule has 0 aromatic heterocycles. The van der Waals surface area contributed by atoms with Gasteiger partial charge in [-0.25, -0.2) is 0 Å². The van der Waals surface area contributed by atoms with Crippen molar-refractivity contribution >= 4 is 17.8 Å². The van der Waals surface area contributed by atoms with Crippen LogP contribution in [-0.2, 0) is 27.2 Å². The zero-order chi connectivity index (χ0) is 26.8. The molecule has 2 aromatic carbocycles. The molecule has 0 atom stereocenters. The van der Waals surface area contributed by atoms with E-state index in [1.807, 2.05) is 68.4 Å². The summed E-state index contributed by atoms with van der Waals surface area (Å²) in [5.41, 5.74) is 6.57. The topological polar surface area (TPSA) is 131 Å². The summed E-state index contributed by atoms with van der Waals surface area (Å²) in [6.07, 6.45) is 2.78. The number of carboxylic acid groups (broad SMARTS) is 1. The lowest BCUT2D eigenvalue weighted by atomic mass is 9.93. The Morgan fingerprint density at radius 2 is 1.50 bits per heavy atom. The highest BCUT2D eigenvalue weighted by molar-refractivity contribution is 5.93. The van der Waals surface area contributed by atoms with Crippen LogP contribution in [-0.4, -0.2) is 48.6 Å². The summed E-state index contributed by atoms with van der Waals surface area (Å²) in [7, 11) is 1.66. The highest BCUT2D eigenvalue weighted by Crippen LogP contribution is 2.30. The Labute approximate surface area is 214 Å². The van der Waals surface area contributed by atoms with E-state index in [0.29, 0.717) is 25.9 Å². The molecule has 0 saturated carbocycles. The van der Waals surface area contributed by atoms with Crippen molar-refractivity contribution in [3.63, 3.8) is 0 Å². The van der Waals surface area contributed by atoms with Crippen molar-refractivity contribution in [2.24, 2.45) is 5.73 Å². The highest BCUT2D eigenvalue weighted by atomic mass is 16.5. The fourth-order valence-electron chi connectivity index (χ4n) is 3.85. The van der Waals surface area contributed by atoms with Gasteiger partial charge in [-0.1, -0.05) is 56.3 Å². The molecule has 8 heteroatoms. The molecule has 0 spiro atoms. The van der Waals surface area contributed by atoms with Crippen LogP contribution in [0.2, 0.25) is 0 Å². The van der Waals surface area contributed by atoms with Crippen molar-refractivity contribution in [3.8, 4) is 5.75 Å². The maximum absolute atomic E-state index is 12.9. The molecule has 36 heavy (non-hydrogen) atoms. The molecule has 198 valence electrons. The standard InChI is InChI=1S/C19H27N3O4.C7H8O.C2H6/c20-10-3-4-11-21-18(26)19(22-16(23)8-5-9-17(24)25)12-14-6-1-2-7-15(14)13-19;1-8-7-5-3-2-4-6-7;1-2/h1-2,6-7H,3-5,8-13,20H2,(H,21,26)(H,22,23)(H,24,25);2-6H,1H3;1-2H3. The third-order valence-electron chi connectivity index (χ3n) is 5.61. The fraction of sp³-hybridized carbons (Fsp3) is 0.464. The van der Waals surface area contributed by atoms with Crippen LogP contribution in [0, 0.1) is 0 Å². The number of nitrogens with two attached hydrogens (primary N) is 1. The Bertz CT molecular complexity index is 909. The third-order valence-corrected chi connectivity index (χ3v) is 5.61. The number of nitrogens with one attached hydrogen (secondary N) is 2. The molecule has 3 rings (SSSR count). The van der Waals surface area contributed by atoms with Gasteiger partial charge in [0.2, 0.25) is 11.8 Å². The van der Waals surface area contributed by atoms with Gasteiger partial charge in [0.25, 0.3) is 0 Å². The number of hydrogen-bond donors (Lipinski definition) is 4. The SMILES string of the molecule is CC.COc1ccccc1.NCCCCNC(=O)C1(NC(=O)CCCC(=O)O)Cc2ccccc2C1. The molecular formula is C28H41N3O5. The molecular weight excluding hydrogens is 458 g/mol. The summed E-state index contributed by atoms with van der Waals surface area (Å²) in [6, 6.07) is 17.5. The summed E-state index contributed by atoms with van der Waals surface area (Å²) in [5, 5.41) is 14.5. The molecule has 0 radical (unpaired) electrons. The maximum atomic E-state index is 12.9. The van der Waals surface area contributed by atoms with Gasteiger partial charge in [0.15, 0.2) is 0 Å². The quantitative estimate of drug-likeness (QED) is 0.350. The second-order valence-electron chi connectivity index (χ2n) is 8.27. The molecule has 0 heterocycles. The predicted octanol–water partition coefficient (Wildman–Crippen LogP) is 3.47. The fourth-order valence-corrected chi connectivity index (χ4v) is 3.85. The van der Waals surface area contributed by atoms with Gasteiger partial charge in [-0.3, -0.25) is 14.4 Å². The monoisotopic (exact) mass is 499 g/mol. The number of ether oxygens (including phenoxy) is 1. The lowest BCUT2D eigenvalue weighted by Gasteiger charge is -2.29. The number of rotatable bonds is 11. The Balaban J connectivity index is 0.000000543. The summed E-state index contributed by atoms with van der Waals surface area (Å²) < 4.78 is 4.91. The van der Waals surface area contributed by atoms with Crippen LogP contribution in [0.15, 0.2) is 54.6 Å². The van der Waals surface area contributed by atoms with Crippen molar-refractivity contribution in [1.29, 1.82) is 0 Å². The lowest BCUT2D eigenvalue weighted by Crippen LogP contribution is -2.59. The first-order chi connectivity index (χ1) is 17.4. The van der Waals surface area contributed by atoms with Gasteiger partial charge in [-0.05, 0) is 49.1 Å². The summed E-state index contributed by atoms with van der Waals surface area (Å²) >= 11 is 0. The van der Waals surface area contributed by atoms with Crippen LogP contribution < -0.4 is 21.1 Å². The number of para-hydroxylation sites is 1. The van der Waals surface area contributed by atoms with Gasteiger partial charge in [-0.15, -0.1) is 0 Å². The Morgan fingerprint density at radius 3 is 2.00 bits per heavy atom. The number of amides is 2. The van der Waals surface area contributed by atoms with Crippen LogP contribution >= 0.6 is 0 Å². The van der Waals surface area contributed by atoms with Crippen molar-refractivity contribution < 1.29 is 24.2 Å². The minimum Gasteiger partial charge on any atom is -0.497 e. The van der Waals surface area contributed by atoms with Gasteiger partial charge >= 0.3 is 5.97 Å². The van der Waals surface area contributed by atoms with Crippen molar-refractivity contribution in [1.82, 2.24) is 10.6 Å². The number of benzene rings is 2. The summed E-state index contributed by atoms with van der Waals surface area (Å²) in [5.74, 6) is -0.514. The van der Waals surface area contributed by atoms with E-state index in [0.717, 1.165) is 29.7 Å². The van der Waals surface area contributed by atoms with Crippen LogP contribution in [0.3, 0.4) is 0 Å². The Morgan fingerprint density at radius 1 is 0.917 bits per heavy atom. The Kier molecular flexibility index (Phi) is 14.6. The molecule has 5 N–H and O–H groups in total. The van der Waals surface area contributed by atoms with Crippen LogP contribution in [0.5, 0.6) is 5.75 Å². The molecule has 0 saturated heterocycles. The number of methoxy groups -OCH3 is 1. The number of aliphatic carboxylic acids is 1. The van der Waals surface area contributed by atoms with Crippen molar-refractivity contribution in [3.05, 3.63) is 65.7 Å². The molecule has 0 unspecified atom stereocenters. The molecule has 2 aromatic rings. The average Bonchev–Trinajstić information content (AvgIpc) is 3.27. The molecule has 0 bridgehead atoms. The highest BCUT2D eigenvalue weighted by Gasteiger charge is 2.44. The number of fused-ring (bicyclic) bond motifs is 1. The molecule has 8 nitrogen and oxygen atoms in total. The van der Waals surface area contributed by atoms with E-state index in [2.05, 4.69) is 10.6 Å². The minimum atomic E-state index is -1.01. The van der Waals surface area contributed by atoms with E-state index in [1.54, 1.807) is 7.11 Å². The number of carbonyl (C=O) groups excluding carboxylic acids is 2. The lowest BCUT2D eigenvalue weighted by molar-refractivity contribution is -0.137. The normalized spacial score (nSPS) is 12.6. The van der Waals surface area contributed by atoms with E-state index in [1.165, 1.54) is 0 Å². The summed E-state index contributed by atoms with van der Waals surface area (Å²) in [4.78, 5) is 35.8. The minimum absolute atomic E-state index is 0.0636. The van der Waals surface area contributed by atoms with E-state index < -0.39 is 11.5 Å². The van der Waals surface area contributed by atoms with Crippen LogP contribution in [0.1, 0.15) is 57.1 Å². The smallest absolute Gasteiger partial charge is 0.303 e. The second-order valence-corrected chi connectivity index (χ2v) is 8.27. The van der Waals surface area contributed by atoms with E-state index in [-0.39, 0.29) is 31.1 Å². The number of unbranched alkanes of at least 4 members (excludes halogenated alkanes) is 1. The van der Waals surface area contributed by atoms with Gasteiger partial charge in [0, 0.05) is 32.2 Å². The zero-order valence-corrected chi connectivity index (χ0v) is 21.7. The first-order valence-corrected chi connectivity index (χ1v) is 12.6. The van der Waals surface area contributed by atoms with Gasteiger partial charge in [0.1, 0.15) is 11.3 Å². The second kappa shape index (κ2) is 17.1. The third kappa shape index (κ3) is 10.5. The molecule has 2 amide bonds. The molecule has 0 fully saturated rings.